The average molecular weight is 341 g/mol. The minimum absolute atomic E-state index is 0. The molecule has 3 rings (SSSR count). The summed E-state index contributed by atoms with van der Waals surface area (Å²) in [4.78, 5) is 22.4. The van der Waals surface area contributed by atoms with Crippen molar-refractivity contribution in [2.75, 3.05) is 13.7 Å². The molecular weight excluding hydrogens is 318 g/mol. The molecule has 0 radical (unpaired) electrons. The Labute approximate surface area is 147 Å². The Morgan fingerprint density at radius 2 is 1.84 bits per heavy atom. The molecule has 1 heterocycles. The summed E-state index contributed by atoms with van der Waals surface area (Å²) in [5, 5.41) is 3.53. The van der Waals surface area contributed by atoms with Gasteiger partial charge in [-0.15, -0.1) is 0 Å². The maximum atomic E-state index is 11.3. The Balaban J connectivity index is 0.000000251. The fraction of sp³-hybridized carbons (Fsp3) is 0.200. The quantitative estimate of drug-likeness (QED) is 0.736. The lowest BCUT2D eigenvalue weighted by Gasteiger charge is -2.07. The van der Waals surface area contributed by atoms with Crippen molar-refractivity contribution in [2.24, 2.45) is 0 Å². The molecule has 5 nitrogen and oxygen atoms in total. The van der Waals surface area contributed by atoms with Gasteiger partial charge in [0.15, 0.2) is 0 Å². The largest absolute Gasteiger partial charge is 0.493 e. The average Bonchev–Trinajstić information content (AvgIpc) is 2.63. The minimum atomic E-state index is -0.256. The molecule has 0 aliphatic carbocycles. The molecule has 0 atom stereocenters. The number of carbonyl (C=O) groups excluding carboxylic acids is 1. The number of carbonyl (C=O) groups is 1. The van der Waals surface area contributed by atoms with Crippen LogP contribution in [0.4, 0.5) is 0 Å². The third kappa shape index (κ3) is 4.70. The van der Waals surface area contributed by atoms with Crippen LogP contribution < -0.4 is 15.7 Å². The second-order valence-corrected chi connectivity index (χ2v) is 5.26. The highest BCUT2D eigenvalue weighted by Gasteiger charge is 2.08. The molecule has 0 fully saturated rings. The van der Waals surface area contributed by atoms with Crippen LogP contribution in [0.15, 0.2) is 63.8 Å². The van der Waals surface area contributed by atoms with E-state index in [1.165, 1.54) is 0 Å². The van der Waals surface area contributed by atoms with E-state index in [9.17, 15) is 9.59 Å². The highest BCUT2D eigenvalue weighted by molar-refractivity contribution is 5.96. The zero-order valence-corrected chi connectivity index (χ0v) is 14.5. The first-order valence-corrected chi connectivity index (χ1v) is 8.00. The van der Waals surface area contributed by atoms with Crippen molar-refractivity contribution in [3.05, 3.63) is 76.1 Å². The highest BCUT2D eigenvalue weighted by atomic mass is 16.5. The summed E-state index contributed by atoms with van der Waals surface area (Å²) in [6.07, 6.45) is 0. The van der Waals surface area contributed by atoms with Crippen LogP contribution in [0, 0.1) is 6.92 Å². The van der Waals surface area contributed by atoms with Gasteiger partial charge in [-0.3, -0.25) is 4.79 Å². The molecule has 0 aliphatic rings. The fourth-order valence-corrected chi connectivity index (χ4v) is 2.24. The first-order valence-electron chi connectivity index (χ1n) is 8.00. The number of hydrogen-bond acceptors (Lipinski definition) is 4. The van der Waals surface area contributed by atoms with Gasteiger partial charge in [-0.2, -0.15) is 0 Å². The Morgan fingerprint density at radius 1 is 1.16 bits per heavy atom. The lowest BCUT2D eigenvalue weighted by Crippen LogP contribution is -2.18. The van der Waals surface area contributed by atoms with E-state index in [4.69, 9.17) is 9.15 Å². The van der Waals surface area contributed by atoms with Gasteiger partial charge in [-0.05, 0) is 38.1 Å². The van der Waals surface area contributed by atoms with Crippen molar-refractivity contribution in [3.8, 4) is 5.75 Å². The van der Waals surface area contributed by atoms with Crippen LogP contribution in [0.25, 0.3) is 11.0 Å². The Kier molecular flexibility index (Phi) is 6.34. The van der Waals surface area contributed by atoms with E-state index in [2.05, 4.69) is 5.32 Å². The molecule has 2 aromatic carbocycles. The number of amides is 1. The summed E-state index contributed by atoms with van der Waals surface area (Å²) in [7, 11) is 1.60. The number of hydrogen-bond donors (Lipinski definition) is 1. The van der Waals surface area contributed by atoms with E-state index in [0.717, 1.165) is 5.39 Å². The Morgan fingerprint density at radius 3 is 2.56 bits per heavy atom. The molecule has 1 aromatic heterocycles. The molecule has 0 saturated carbocycles. The molecule has 0 bridgehead atoms. The molecule has 5 heteroatoms. The molecule has 0 spiro atoms. The smallest absolute Gasteiger partial charge is 0.339 e. The second kappa shape index (κ2) is 8.68. The van der Waals surface area contributed by atoms with Gasteiger partial charge in [-0.25, -0.2) is 4.79 Å². The molecule has 132 valence electrons. The first kappa shape index (κ1) is 18.3. The van der Waals surface area contributed by atoms with E-state index < -0.39 is 0 Å². The lowest BCUT2D eigenvalue weighted by atomic mass is 10.2. The standard InChI is InChI=1S/C10H13NO2.C10H8O2.H2/c1-3-13-9-7-5-4-6-8(9)10(12)11-2;1-7-6-8-4-2-3-5-9(8)12-10(7)11;/h4-7H,3H2,1-2H3,(H,11,12);2-6H,1H3;1H. The summed E-state index contributed by atoms with van der Waals surface area (Å²) < 4.78 is 10.3. The van der Waals surface area contributed by atoms with E-state index in [0.29, 0.717) is 29.1 Å². The topological polar surface area (TPSA) is 68.5 Å². The molecule has 0 unspecified atom stereocenters. The third-order valence-electron chi connectivity index (χ3n) is 3.47. The van der Waals surface area contributed by atoms with Crippen LogP contribution in [-0.2, 0) is 0 Å². The summed E-state index contributed by atoms with van der Waals surface area (Å²) in [6, 6.07) is 16.5. The Hall–Kier alpha value is -3.08. The zero-order valence-electron chi connectivity index (χ0n) is 14.5. The first-order chi connectivity index (χ1) is 12.1. The van der Waals surface area contributed by atoms with Gasteiger partial charge >= 0.3 is 5.63 Å². The number of benzene rings is 2. The highest BCUT2D eigenvalue weighted by Crippen LogP contribution is 2.17. The molecule has 0 saturated heterocycles. The SMILES string of the molecule is CCOc1ccccc1C(=O)NC.Cc1cc2ccccc2oc1=O.[HH]. The number of para-hydroxylation sites is 2. The van der Waals surface area contributed by atoms with Gasteiger partial charge in [-0.1, -0.05) is 30.3 Å². The predicted molar refractivity (Wildman–Crippen MR) is 100 cm³/mol. The van der Waals surface area contributed by atoms with E-state index >= 15 is 0 Å². The number of fused-ring (bicyclic) bond motifs is 1. The lowest BCUT2D eigenvalue weighted by molar-refractivity contribution is 0.0959. The summed E-state index contributed by atoms with van der Waals surface area (Å²) >= 11 is 0. The number of aryl methyl sites for hydroxylation is 1. The van der Waals surface area contributed by atoms with Crippen molar-refractivity contribution in [1.82, 2.24) is 5.32 Å². The minimum Gasteiger partial charge on any atom is -0.493 e. The van der Waals surface area contributed by atoms with Crippen molar-refractivity contribution in [2.45, 2.75) is 13.8 Å². The van der Waals surface area contributed by atoms with Crippen molar-refractivity contribution in [1.29, 1.82) is 0 Å². The van der Waals surface area contributed by atoms with Gasteiger partial charge < -0.3 is 14.5 Å². The molecular formula is C20H23NO4. The second-order valence-electron chi connectivity index (χ2n) is 5.26. The number of ether oxygens (including phenoxy) is 1. The van der Waals surface area contributed by atoms with E-state index in [-0.39, 0.29) is 13.0 Å². The fourth-order valence-electron chi connectivity index (χ4n) is 2.24. The van der Waals surface area contributed by atoms with Crippen LogP contribution >= 0.6 is 0 Å². The van der Waals surface area contributed by atoms with Crippen molar-refractivity contribution in [3.63, 3.8) is 0 Å². The van der Waals surface area contributed by atoms with Gasteiger partial charge in [0.1, 0.15) is 11.3 Å². The van der Waals surface area contributed by atoms with Crippen LogP contribution in [0.1, 0.15) is 24.3 Å². The van der Waals surface area contributed by atoms with Crippen LogP contribution in [0.2, 0.25) is 0 Å². The molecule has 0 aliphatic heterocycles. The van der Waals surface area contributed by atoms with Crippen LogP contribution in [0.3, 0.4) is 0 Å². The normalized spacial score (nSPS) is 9.88. The molecule has 25 heavy (non-hydrogen) atoms. The monoisotopic (exact) mass is 341 g/mol. The van der Waals surface area contributed by atoms with Crippen molar-refractivity contribution < 1.29 is 15.4 Å². The zero-order chi connectivity index (χ0) is 18.2. The van der Waals surface area contributed by atoms with Crippen molar-refractivity contribution >= 4 is 16.9 Å². The van der Waals surface area contributed by atoms with Crippen LogP contribution in [-0.4, -0.2) is 19.6 Å². The molecule has 3 aromatic rings. The number of nitrogens with one attached hydrogen (secondary N) is 1. The summed E-state index contributed by atoms with van der Waals surface area (Å²) in [5.74, 6) is 0.508. The van der Waals surface area contributed by atoms with Gasteiger partial charge in [0.2, 0.25) is 0 Å². The van der Waals surface area contributed by atoms with E-state index in [1.54, 1.807) is 32.2 Å². The van der Waals surface area contributed by atoms with Gasteiger partial charge in [0.05, 0.1) is 12.2 Å². The van der Waals surface area contributed by atoms with Gasteiger partial charge in [0, 0.05) is 19.4 Å². The Bertz CT molecular complexity index is 921. The summed E-state index contributed by atoms with van der Waals surface area (Å²) in [6.45, 7) is 4.20. The van der Waals surface area contributed by atoms with Crippen LogP contribution in [0.5, 0.6) is 5.75 Å². The molecule has 1 amide bonds. The maximum Gasteiger partial charge on any atom is 0.339 e. The maximum absolute atomic E-state index is 11.3. The molecule has 1 N–H and O–H groups in total. The summed E-state index contributed by atoms with van der Waals surface area (Å²) in [5.41, 5.74) is 1.61. The third-order valence-corrected chi connectivity index (χ3v) is 3.47. The number of rotatable bonds is 3. The van der Waals surface area contributed by atoms with Gasteiger partial charge in [0.25, 0.3) is 5.91 Å². The van der Waals surface area contributed by atoms with E-state index in [1.807, 2.05) is 43.3 Å². The predicted octanol–water partition coefficient (Wildman–Crippen LogP) is 3.79.